The summed E-state index contributed by atoms with van der Waals surface area (Å²) in [5.74, 6) is 1.46. The third kappa shape index (κ3) is 2.64. The number of amides is 1. The van der Waals surface area contributed by atoms with E-state index in [-0.39, 0.29) is 17.4 Å². The van der Waals surface area contributed by atoms with Crippen LogP contribution in [0, 0.1) is 11.3 Å². The normalized spacial score (nSPS) is 33.7. The van der Waals surface area contributed by atoms with Crippen LogP contribution in [0.2, 0.25) is 0 Å². The van der Waals surface area contributed by atoms with Gasteiger partial charge in [-0.2, -0.15) is 0 Å². The average molecular weight is 344 g/mol. The fourth-order valence-electron chi connectivity index (χ4n) is 5.00. The number of carbonyl (C=O) groups excluding carboxylic acids is 1. The second kappa shape index (κ2) is 6.29. The number of carbonyl (C=O) groups is 1. The lowest BCUT2D eigenvalue weighted by Gasteiger charge is -2.56. The lowest BCUT2D eigenvalue weighted by Crippen LogP contribution is -2.69. The third-order valence-electron chi connectivity index (χ3n) is 6.30. The number of nitrogens with one attached hydrogen (secondary N) is 1. The standard InChI is InChI=1S/C20H28N2O3/c1-20(2)17(13-10-12-25-18(13)20)21-14-7-6-11-22(19(14)23)15-8-4-5-9-16(15)24-3/h4-5,8-9,13-14,17-18,21H,6-7,10-12H2,1-3H3/t13-,14+,17-,18-/m1/s1. The molecule has 0 aromatic heterocycles. The van der Waals surface area contributed by atoms with E-state index in [1.54, 1.807) is 7.11 Å². The number of para-hydroxylation sites is 2. The topological polar surface area (TPSA) is 50.8 Å². The van der Waals surface area contributed by atoms with Gasteiger partial charge in [0.25, 0.3) is 0 Å². The molecule has 0 bridgehead atoms. The molecule has 4 rings (SSSR count). The van der Waals surface area contributed by atoms with Crippen molar-refractivity contribution in [3.05, 3.63) is 24.3 Å². The zero-order chi connectivity index (χ0) is 17.6. The second-order valence-corrected chi connectivity index (χ2v) is 8.07. The molecule has 0 unspecified atom stereocenters. The number of nitrogens with zero attached hydrogens (tertiary/aromatic N) is 1. The van der Waals surface area contributed by atoms with E-state index in [2.05, 4.69) is 19.2 Å². The van der Waals surface area contributed by atoms with Crippen LogP contribution < -0.4 is 15.0 Å². The Bertz CT molecular complexity index is 660. The number of piperidine rings is 1. The summed E-state index contributed by atoms with van der Waals surface area (Å²) >= 11 is 0. The number of fused-ring (bicyclic) bond motifs is 1. The maximum absolute atomic E-state index is 13.1. The highest BCUT2D eigenvalue weighted by Gasteiger charge is 2.59. The van der Waals surface area contributed by atoms with Crippen molar-refractivity contribution >= 4 is 11.6 Å². The lowest BCUT2D eigenvalue weighted by molar-refractivity contribution is -0.131. The molecule has 0 spiro atoms. The van der Waals surface area contributed by atoms with E-state index in [1.165, 1.54) is 0 Å². The lowest BCUT2D eigenvalue weighted by atomic mass is 9.57. The highest BCUT2D eigenvalue weighted by atomic mass is 16.5. The summed E-state index contributed by atoms with van der Waals surface area (Å²) in [4.78, 5) is 15.0. The van der Waals surface area contributed by atoms with Crippen LogP contribution in [0.4, 0.5) is 5.69 Å². The molecule has 5 nitrogen and oxygen atoms in total. The molecular formula is C20H28N2O3. The van der Waals surface area contributed by atoms with E-state index in [4.69, 9.17) is 9.47 Å². The molecule has 0 radical (unpaired) electrons. The van der Waals surface area contributed by atoms with Gasteiger partial charge in [0.2, 0.25) is 5.91 Å². The van der Waals surface area contributed by atoms with E-state index in [1.807, 2.05) is 29.2 Å². The van der Waals surface area contributed by atoms with Gasteiger partial charge in [0.1, 0.15) is 5.75 Å². The Morgan fingerprint density at radius 2 is 2.08 bits per heavy atom. The Kier molecular flexibility index (Phi) is 4.24. The van der Waals surface area contributed by atoms with Crippen molar-refractivity contribution < 1.29 is 14.3 Å². The fraction of sp³-hybridized carbons (Fsp3) is 0.650. The van der Waals surface area contributed by atoms with Gasteiger partial charge in [0.15, 0.2) is 0 Å². The molecular weight excluding hydrogens is 316 g/mol. The van der Waals surface area contributed by atoms with Crippen molar-refractivity contribution in [2.75, 3.05) is 25.2 Å². The van der Waals surface area contributed by atoms with Gasteiger partial charge in [-0.25, -0.2) is 0 Å². The molecule has 3 fully saturated rings. The summed E-state index contributed by atoms with van der Waals surface area (Å²) in [5.41, 5.74) is 0.963. The first-order chi connectivity index (χ1) is 12.0. The summed E-state index contributed by atoms with van der Waals surface area (Å²) in [5, 5.41) is 3.69. The summed E-state index contributed by atoms with van der Waals surface area (Å²) in [7, 11) is 1.65. The number of hydrogen-bond donors (Lipinski definition) is 1. The largest absolute Gasteiger partial charge is 0.495 e. The zero-order valence-corrected chi connectivity index (χ0v) is 15.3. The van der Waals surface area contributed by atoms with Crippen LogP contribution in [-0.4, -0.2) is 44.4 Å². The molecule has 2 heterocycles. The second-order valence-electron chi connectivity index (χ2n) is 8.07. The highest BCUT2D eigenvalue weighted by Crippen LogP contribution is 2.52. The van der Waals surface area contributed by atoms with E-state index < -0.39 is 0 Å². The van der Waals surface area contributed by atoms with Crippen molar-refractivity contribution in [1.29, 1.82) is 0 Å². The summed E-state index contributed by atoms with van der Waals surface area (Å²) in [6.45, 7) is 6.11. The molecule has 1 N–H and O–H groups in total. The molecule has 1 amide bonds. The molecule has 3 aliphatic rings. The van der Waals surface area contributed by atoms with Crippen molar-refractivity contribution in [3.8, 4) is 5.75 Å². The molecule has 5 heteroatoms. The first-order valence-electron chi connectivity index (χ1n) is 9.36. The smallest absolute Gasteiger partial charge is 0.244 e. The van der Waals surface area contributed by atoms with Gasteiger partial charge in [-0.1, -0.05) is 26.0 Å². The number of rotatable bonds is 4. The molecule has 2 saturated heterocycles. The molecule has 1 aliphatic carbocycles. The van der Waals surface area contributed by atoms with E-state index >= 15 is 0 Å². The van der Waals surface area contributed by atoms with Crippen LogP contribution in [0.5, 0.6) is 5.75 Å². The number of anilines is 1. The molecule has 136 valence electrons. The van der Waals surface area contributed by atoms with Crippen LogP contribution in [-0.2, 0) is 9.53 Å². The van der Waals surface area contributed by atoms with Crippen LogP contribution >= 0.6 is 0 Å². The van der Waals surface area contributed by atoms with E-state index in [9.17, 15) is 4.79 Å². The fourth-order valence-corrected chi connectivity index (χ4v) is 5.00. The van der Waals surface area contributed by atoms with Crippen molar-refractivity contribution in [2.45, 2.75) is 51.3 Å². The predicted molar refractivity (Wildman–Crippen MR) is 96.9 cm³/mol. The predicted octanol–water partition coefficient (Wildman–Crippen LogP) is 2.59. The van der Waals surface area contributed by atoms with Crippen molar-refractivity contribution in [1.82, 2.24) is 5.32 Å². The third-order valence-corrected chi connectivity index (χ3v) is 6.30. The van der Waals surface area contributed by atoms with Crippen molar-refractivity contribution in [3.63, 3.8) is 0 Å². The quantitative estimate of drug-likeness (QED) is 0.912. The Labute approximate surface area is 149 Å². The molecule has 1 aromatic carbocycles. The van der Waals surface area contributed by atoms with Gasteiger partial charge in [-0.15, -0.1) is 0 Å². The van der Waals surface area contributed by atoms with Gasteiger partial charge >= 0.3 is 0 Å². The summed E-state index contributed by atoms with van der Waals surface area (Å²) in [6, 6.07) is 8.00. The van der Waals surface area contributed by atoms with E-state index in [0.717, 1.165) is 43.9 Å². The number of hydrogen-bond acceptors (Lipinski definition) is 4. The highest BCUT2D eigenvalue weighted by molar-refractivity contribution is 5.99. The van der Waals surface area contributed by atoms with Gasteiger partial charge in [0.05, 0.1) is 24.9 Å². The summed E-state index contributed by atoms with van der Waals surface area (Å²) < 4.78 is 11.3. The summed E-state index contributed by atoms with van der Waals surface area (Å²) in [6.07, 6.45) is 3.34. The average Bonchev–Trinajstić information content (AvgIpc) is 3.08. The van der Waals surface area contributed by atoms with Gasteiger partial charge in [-0.05, 0) is 31.4 Å². The van der Waals surface area contributed by atoms with Crippen LogP contribution in [0.15, 0.2) is 24.3 Å². The number of ether oxygens (including phenoxy) is 2. The molecule has 1 saturated carbocycles. The van der Waals surface area contributed by atoms with Crippen LogP contribution in [0.1, 0.15) is 33.1 Å². The minimum Gasteiger partial charge on any atom is -0.495 e. The monoisotopic (exact) mass is 344 g/mol. The van der Waals surface area contributed by atoms with Crippen molar-refractivity contribution in [2.24, 2.45) is 11.3 Å². The van der Waals surface area contributed by atoms with Crippen LogP contribution in [0.25, 0.3) is 0 Å². The molecule has 4 atom stereocenters. The first-order valence-corrected chi connectivity index (χ1v) is 9.36. The Balaban J connectivity index is 1.51. The van der Waals surface area contributed by atoms with E-state index in [0.29, 0.717) is 18.1 Å². The minimum atomic E-state index is -0.121. The molecule has 25 heavy (non-hydrogen) atoms. The Hall–Kier alpha value is -1.59. The Morgan fingerprint density at radius 3 is 2.88 bits per heavy atom. The maximum Gasteiger partial charge on any atom is 0.244 e. The van der Waals surface area contributed by atoms with Gasteiger partial charge in [0, 0.05) is 30.5 Å². The Morgan fingerprint density at radius 1 is 1.28 bits per heavy atom. The minimum absolute atomic E-state index is 0.0914. The SMILES string of the molecule is COc1ccccc1N1CCC[C@H](N[C@@H]2[C@H]3CCO[C@H]3C2(C)C)C1=O. The molecule has 1 aromatic rings. The maximum atomic E-state index is 13.1. The number of methoxy groups -OCH3 is 1. The first kappa shape index (κ1) is 16.9. The van der Waals surface area contributed by atoms with Gasteiger partial charge in [-0.3, -0.25) is 4.79 Å². The zero-order valence-electron chi connectivity index (χ0n) is 15.3. The van der Waals surface area contributed by atoms with Crippen LogP contribution in [0.3, 0.4) is 0 Å². The number of benzene rings is 1. The molecule has 2 aliphatic heterocycles. The van der Waals surface area contributed by atoms with Gasteiger partial charge < -0.3 is 19.7 Å².